The molecule has 1 unspecified atom stereocenters. The van der Waals surface area contributed by atoms with Crippen LogP contribution in [0.15, 0.2) is 66.6 Å². The number of carbonyl (C=O) groups is 1. The highest BCUT2D eigenvalue weighted by Gasteiger charge is 2.32. The Kier molecular flexibility index (Phi) is 7.54. The van der Waals surface area contributed by atoms with Crippen molar-refractivity contribution in [3.63, 3.8) is 0 Å². The molecule has 1 saturated carbocycles. The van der Waals surface area contributed by atoms with E-state index in [-0.39, 0.29) is 11.5 Å². The van der Waals surface area contributed by atoms with Gasteiger partial charge in [-0.3, -0.25) is 5.32 Å². The molecule has 186 valence electrons. The highest BCUT2D eigenvalue weighted by molar-refractivity contribution is 5.85. The summed E-state index contributed by atoms with van der Waals surface area (Å²) in [4.78, 5) is 14.8. The van der Waals surface area contributed by atoms with E-state index < -0.39 is 6.09 Å². The minimum Gasteiger partial charge on any atom is -0.446 e. The van der Waals surface area contributed by atoms with Crippen molar-refractivity contribution < 1.29 is 14.3 Å². The lowest BCUT2D eigenvalue weighted by molar-refractivity contribution is 0.0806. The maximum absolute atomic E-state index is 12.5. The van der Waals surface area contributed by atoms with Crippen LogP contribution in [0.3, 0.4) is 0 Å². The van der Waals surface area contributed by atoms with Gasteiger partial charge in [0.25, 0.3) is 0 Å². The van der Waals surface area contributed by atoms with E-state index in [1.54, 1.807) is 0 Å². The number of hydrogen-bond acceptors (Lipinski definition) is 4. The Labute approximate surface area is 209 Å². The predicted molar refractivity (Wildman–Crippen MR) is 142 cm³/mol. The van der Waals surface area contributed by atoms with Crippen LogP contribution >= 0.6 is 0 Å². The van der Waals surface area contributed by atoms with Crippen molar-refractivity contribution in [1.29, 1.82) is 0 Å². The molecule has 2 aromatic carbocycles. The lowest BCUT2D eigenvalue weighted by atomic mass is 9.73. The number of amides is 1. The molecule has 4 rings (SSSR count). The number of ether oxygens (including phenoxy) is 2. The summed E-state index contributed by atoms with van der Waals surface area (Å²) < 4.78 is 12.1. The van der Waals surface area contributed by atoms with Gasteiger partial charge in [0, 0.05) is 30.8 Å². The van der Waals surface area contributed by atoms with Gasteiger partial charge in [-0.15, -0.1) is 0 Å². The molecule has 1 amide bonds. The second-order valence-electron chi connectivity index (χ2n) is 10.2. The maximum atomic E-state index is 12.5. The zero-order valence-corrected chi connectivity index (χ0v) is 21.5. The lowest BCUT2D eigenvalue weighted by Gasteiger charge is -2.36. The first-order chi connectivity index (χ1) is 16.8. The molecule has 0 saturated heterocycles. The second-order valence-corrected chi connectivity index (χ2v) is 10.2. The quantitative estimate of drug-likeness (QED) is 0.421. The van der Waals surface area contributed by atoms with Gasteiger partial charge in [0.2, 0.25) is 0 Å². The van der Waals surface area contributed by atoms with E-state index in [0.717, 1.165) is 73.5 Å². The van der Waals surface area contributed by atoms with Crippen molar-refractivity contribution in [3.8, 4) is 16.9 Å². The van der Waals surface area contributed by atoms with Crippen LogP contribution in [-0.4, -0.2) is 30.2 Å². The first-order valence-electron chi connectivity index (χ1n) is 12.8. The molecule has 0 spiro atoms. The Morgan fingerprint density at radius 2 is 1.97 bits per heavy atom. The summed E-state index contributed by atoms with van der Waals surface area (Å²) in [5.74, 6) is 1.85. The highest BCUT2D eigenvalue weighted by atomic mass is 16.6. The van der Waals surface area contributed by atoms with E-state index in [1.165, 1.54) is 5.56 Å². The normalized spacial score (nSPS) is 18.7. The van der Waals surface area contributed by atoms with E-state index in [2.05, 4.69) is 68.8 Å². The molecule has 0 aromatic heterocycles. The molecule has 35 heavy (non-hydrogen) atoms. The van der Waals surface area contributed by atoms with Crippen LogP contribution < -0.4 is 10.1 Å². The molecular formula is C30H38N2O3. The van der Waals surface area contributed by atoms with Crippen molar-refractivity contribution in [2.45, 2.75) is 65.9 Å². The van der Waals surface area contributed by atoms with Gasteiger partial charge in [-0.1, -0.05) is 63.3 Å². The third-order valence-electron chi connectivity index (χ3n) is 7.23. The van der Waals surface area contributed by atoms with Gasteiger partial charge in [-0.05, 0) is 67.4 Å². The highest BCUT2D eigenvalue weighted by Crippen LogP contribution is 2.40. The van der Waals surface area contributed by atoms with E-state index in [9.17, 15) is 4.79 Å². The van der Waals surface area contributed by atoms with Gasteiger partial charge in [-0.2, -0.15) is 0 Å². The fourth-order valence-electron chi connectivity index (χ4n) is 4.81. The molecule has 5 heteroatoms. The van der Waals surface area contributed by atoms with Gasteiger partial charge < -0.3 is 14.4 Å². The van der Waals surface area contributed by atoms with Crippen molar-refractivity contribution in [2.75, 3.05) is 18.4 Å². The van der Waals surface area contributed by atoms with E-state index in [1.807, 2.05) is 24.3 Å². The number of fused-ring (bicyclic) bond motifs is 1. The Hall–Kier alpha value is -3.21. The van der Waals surface area contributed by atoms with Crippen LogP contribution in [0.4, 0.5) is 10.5 Å². The molecular weight excluding hydrogens is 436 g/mol. The number of allylic oxidation sites excluding steroid dienone is 1. The van der Waals surface area contributed by atoms with Crippen molar-refractivity contribution in [1.82, 2.24) is 4.90 Å². The molecule has 1 N–H and O–H groups in total. The van der Waals surface area contributed by atoms with Gasteiger partial charge >= 0.3 is 6.09 Å². The third kappa shape index (κ3) is 5.72. The fraction of sp³-hybridized carbons (Fsp3) is 0.433. The summed E-state index contributed by atoms with van der Waals surface area (Å²) in [7, 11) is 0. The van der Waals surface area contributed by atoms with E-state index in [0.29, 0.717) is 5.69 Å². The molecule has 1 atom stereocenters. The van der Waals surface area contributed by atoms with Crippen LogP contribution in [0.25, 0.3) is 11.1 Å². The molecule has 2 aromatic rings. The fourth-order valence-corrected chi connectivity index (χ4v) is 4.81. The summed E-state index contributed by atoms with van der Waals surface area (Å²) >= 11 is 0. The van der Waals surface area contributed by atoms with Crippen LogP contribution in [0.1, 0.15) is 58.9 Å². The van der Waals surface area contributed by atoms with Crippen LogP contribution in [0.5, 0.6) is 5.75 Å². The van der Waals surface area contributed by atoms with E-state index >= 15 is 0 Å². The zero-order chi connectivity index (χ0) is 25.0. The summed E-state index contributed by atoms with van der Waals surface area (Å²) in [6.45, 7) is 14.8. The monoisotopic (exact) mass is 474 g/mol. The average molecular weight is 475 g/mol. The number of nitrogens with one attached hydrogen (secondary N) is 1. The summed E-state index contributed by atoms with van der Waals surface area (Å²) in [5, 5.41) is 2.87. The Balaban J connectivity index is 1.42. The van der Waals surface area contributed by atoms with Crippen LogP contribution in [0.2, 0.25) is 0 Å². The first kappa shape index (κ1) is 24.9. The molecule has 0 bridgehead atoms. The summed E-state index contributed by atoms with van der Waals surface area (Å²) in [5.41, 5.74) is 5.26. The molecule has 1 aliphatic heterocycles. The summed E-state index contributed by atoms with van der Waals surface area (Å²) in [6, 6.07) is 14.1. The number of para-hydroxylation sites is 1. The molecule has 2 aliphatic rings. The Morgan fingerprint density at radius 1 is 1.20 bits per heavy atom. The van der Waals surface area contributed by atoms with Gasteiger partial charge in [-0.25, -0.2) is 4.79 Å². The number of benzene rings is 2. The van der Waals surface area contributed by atoms with Crippen molar-refractivity contribution in [2.24, 2.45) is 5.41 Å². The standard InChI is InChI=1S/C30H38N2O3/c1-6-19-32(7-2)27-16-13-23-9-8-10-26(28(23)35-27)22-11-14-24(15-12-22)31-29(33)34-25-17-18-30(4,5)21(3)20-25/h8-12,14-16,25H,3,6-7,13,17-20H2,1-2,4-5H3,(H,31,33). The van der Waals surface area contributed by atoms with Crippen molar-refractivity contribution in [3.05, 3.63) is 72.1 Å². The zero-order valence-electron chi connectivity index (χ0n) is 21.5. The second kappa shape index (κ2) is 10.6. The number of hydrogen-bond donors (Lipinski definition) is 1. The minimum atomic E-state index is -0.416. The SMILES string of the molecule is C=C1CC(OC(=O)Nc2ccc(-c3cccc4c3OC(N(CC)CCC)=CC4)cc2)CCC1(C)C. The maximum Gasteiger partial charge on any atom is 0.411 e. The number of anilines is 1. The molecule has 1 heterocycles. The number of nitrogens with zero attached hydrogens (tertiary/aromatic N) is 1. The van der Waals surface area contributed by atoms with Crippen LogP contribution in [-0.2, 0) is 11.2 Å². The smallest absolute Gasteiger partial charge is 0.411 e. The largest absolute Gasteiger partial charge is 0.446 e. The van der Waals surface area contributed by atoms with Crippen molar-refractivity contribution >= 4 is 11.8 Å². The van der Waals surface area contributed by atoms with Gasteiger partial charge in [0.05, 0.1) is 0 Å². The van der Waals surface area contributed by atoms with Crippen LogP contribution in [0, 0.1) is 5.41 Å². The average Bonchev–Trinajstić information content (AvgIpc) is 2.85. The van der Waals surface area contributed by atoms with E-state index in [4.69, 9.17) is 9.47 Å². The topological polar surface area (TPSA) is 50.8 Å². The number of carbonyl (C=O) groups excluding carboxylic acids is 1. The number of rotatable bonds is 7. The minimum absolute atomic E-state index is 0.111. The third-order valence-corrected chi connectivity index (χ3v) is 7.23. The Bertz CT molecular complexity index is 1100. The van der Waals surface area contributed by atoms with Gasteiger partial charge in [0.1, 0.15) is 11.9 Å². The van der Waals surface area contributed by atoms with Gasteiger partial charge in [0.15, 0.2) is 5.88 Å². The predicted octanol–water partition coefficient (Wildman–Crippen LogP) is 7.55. The molecule has 0 radical (unpaired) electrons. The molecule has 1 fully saturated rings. The lowest BCUT2D eigenvalue weighted by Crippen LogP contribution is -2.31. The molecule has 1 aliphatic carbocycles. The molecule has 5 nitrogen and oxygen atoms in total. The first-order valence-corrected chi connectivity index (χ1v) is 12.8. The summed E-state index contributed by atoms with van der Waals surface area (Å²) in [6.07, 6.45) is 6.15. The Morgan fingerprint density at radius 3 is 2.66 bits per heavy atom.